The van der Waals surface area contributed by atoms with Gasteiger partial charge < -0.3 is 10.6 Å². The molecule has 0 aromatic heterocycles. The Morgan fingerprint density at radius 3 is 2.26 bits per heavy atom. The van der Waals surface area contributed by atoms with Gasteiger partial charge in [-0.15, -0.1) is 0 Å². The first-order valence-electron chi connectivity index (χ1n) is 7.68. The second kappa shape index (κ2) is 7.73. The molecule has 1 fully saturated rings. The van der Waals surface area contributed by atoms with Gasteiger partial charge in [-0.25, -0.2) is 0 Å². The van der Waals surface area contributed by atoms with Gasteiger partial charge >= 0.3 is 0 Å². The van der Waals surface area contributed by atoms with Crippen LogP contribution in [0.15, 0.2) is 4.99 Å². The molecule has 0 bridgehead atoms. The predicted molar refractivity (Wildman–Crippen MR) is 83.7 cm³/mol. The summed E-state index contributed by atoms with van der Waals surface area (Å²) in [7, 11) is 1.84. The standard InChI is InChI=1S/C15H32N4/c1-11(2)19(12(3)4)9-7-8-17-15(16-6)18-14-10-13(14)5/h11-14H,7-10H2,1-6H3,(H2,16,17,18). The molecule has 19 heavy (non-hydrogen) atoms. The van der Waals surface area contributed by atoms with Gasteiger partial charge in [-0.05, 0) is 46.5 Å². The van der Waals surface area contributed by atoms with Crippen LogP contribution in [0.2, 0.25) is 0 Å². The van der Waals surface area contributed by atoms with E-state index in [1.54, 1.807) is 0 Å². The van der Waals surface area contributed by atoms with Crippen LogP contribution in [0.3, 0.4) is 0 Å². The van der Waals surface area contributed by atoms with E-state index in [0.29, 0.717) is 18.1 Å². The van der Waals surface area contributed by atoms with E-state index in [1.165, 1.54) is 6.42 Å². The van der Waals surface area contributed by atoms with E-state index in [0.717, 1.165) is 31.4 Å². The number of nitrogens with zero attached hydrogens (tertiary/aromatic N) is 2. The number of hydrogen-bond donors (Lipinski definition) is 2. The minimum atomic E-state index is 0.616. The molecular weight excluding hydrogens is 236 g/mol. The molecule has 0 amide bonds. The van der Waals surface area contributed by atoms with Crippen molar-refractivity contribution >= 4 is 5.96 Å². The summed E-state index contributed by atoms with van der Waals surface area (Å²) < 4.78 is 0. The van der Waals surface area contributed by atoms with Crippen molar-refractivity contribution in [3.63, 3.8) is 0 Å². The Balaban J connectivity index is 2.18. The molecule has 2 atom stereocenters. The third-order valence-electron chi connectivity index (χ3n) is 3.87. The Hall–Kier alpha value is -0.770. The first-order chi connectivity index (χ1) is 8.95. The van der Waals surface area contributed by atoms with Crippen LogP contribution < -0.4 is 10.6 Å². The Morgan fingerprint density at radius 2 is 1.84 bits per heavy atom. The van der Waals surface area contributed by atoms with Crippen molar-refractivity contribution in [1.82, 2.24) is 15.5 Å². The summed E-state index contributed by atoms with van der Waals surface area (Å²) >= 11 is 0. The highest BCUT2D eigenvalue weighted by Gasteiger charge is 2.33. The number of rotatable bonds is 7. The summed E-state index contributed by atoms with van der Waals surface area (Å²) in [5.41, 5.74) is 0. The lowest BCUT2D eigenvalue weighted by atomic mass is 10.2. The summed E-state index contributed by atoms with van der Waals surface area (Å²) in [5.74, 6) is 1.76. The van der Waals surface area contributed by atoms with E-state index in [9.17, 15) is 0 Å². The van der Waals surface area contributed by atoms with Gasteiger partial charge in [0, 0.05) is 38.3 Å². The zero-order valence-electron chi connectivity index (χ0n) is 13.5. The topological polar surface area (TPSA) is 39.7 Å². The van der Waals surface area contributed by atoms with Gasteiger partial charge in [-0.3, -0.25) is 9.89 Å². The van der Waals surface area contributed by atoms with E-state index >= 15 is 0 Å². The minimum Gasteiger partial charge on any atom is -0.356 e. The number of aliphatic imine (C=N–C) groups is 1. The van der Waals surface area contributed by atoms with E-state index in [-0.39, 0.29) is 0 Å². The van der Waals surface area contributed by atoms with Crippen LogP contribution >= 0.6 is 0 Å². The molecule has 4 nitrogen and oxygen atoms in total. The largest absolute Gasteiger partial charge is 0.356 e. The molecule has 0 aromatic carbocycles. The summed E-state index contributed by atoms with van der Waals surface area (Å²) in [6.07, 6.45) is 2.42. The average Bonchev–Trinajstić information content (AvgIpc) is 3.02. The van der Waals surface area contributed by atoms with Crippen molar-refractivity contribution in [3.8, 4) is 0 Å². The number of guanidine groups is 1. The van der Waals surface area contributed by atoms with E-state index in [1.807, 2.05) is 7.05 Å². The molecule has 1 rings (SSSR count). The summed E-state index contributed by atoms with van der Waals surface area (Å²) in [5, 5.41) is 6.86. The molecule has 2 unspecified atom stereocenters. The van der Waals surface area contributed by atoms with Gasteiger partial charge in [0.05, 0.1) is 0 Å². The van der Waals surface area contributed by atoms with Gasteiger partial charge in [0.25, 0.3) is 0 Å². The lowest BCUT2D eigenvalue weighted by molar-refractivity contribution is 0.173. The zero-order valence-corrected chi connectivity index (χ0v) is 13.5. The highest BCUT2D eigenvalue weighted by atomic mass is 15.2. The molecule has 0 saturated heterocycles. The van der Waals surface area contributed by atoms with Gasteiger partial charge in [0.1, 0.15) is 0 Å². The Kier molecular flexibility index (Phi) is 6.63. The van der Waals surface area contributed by atoms with Crippen LogP contribution in [0.1, 0.15) is 47.5 Å². The maximum absolute atomic E-state index is 4.27. The highest BCUT2D eigenvalue weighted by Crippen LogP contribution is 2.28. The maximum atomic E-state index is 4.27. The van der Waals surface area contributed by atoms with E-state index < -0.39 is 0 Å². The predicted octanol–water partition coefficient (Wildman–Crippen LogP) is 2.07. The van der Waals surface area contributed by atoms with Crippen molar-refractivity contribution in [2.24, 2.45) is 10.9 Å². The Morgan fingerprint density at radius 1 is 1.26 bits per heavy atom. The van der Waals surface area contributed by atoms with Crippen molar-refractivity contribution in [3.05, 3.63) is 0 Å². The normalized spacial score (nSPS) is 23.3. The summed E-state index contributed by atoms with van der Waals surface area (Å²) in [6.45, 7) is 13.5. The fourth-order valence-electron chi connectivity index (χ4n) is 2.47. The van der Waals surface area contributed by atoms with Crippen molar-refractivity contribution in [2.45, 2.75) is 65.6 Å². The molecule has 1 aliphatic rings. The summed E-state index contributed by atoms with van der Waals surface area (Å²) in [6, 6.07) is 1.86. The SMILES string of the molecule is CN=C(NCCCN(C(C)C)C(C)C)NC1CC1C. The Bertz CT molecular complexity index is 278. The quantitative estimate of drug-likeness (QED) is 0.422. The molecule has 0 heterocycles. The zero-order chi connectivity index (χ0) is 14.4. The third kappa shape index (κ3) is 5.81. The van der Waals surface area contributed by atoms with Crippen molar-refractivity contribution < 1.29 is 0 Å². The van der Waals surface area contributed by atoms with Crippen molar-refractivity contribution in [2.75, 3.05) is 20.1 Å². The van der Waals surface area contributed by atoms with Crippen LogP contribution in [0, 0.1) is 5.92 Å². The van der Waals surface area contributed by atoms with Crippen LogP contribution in [-0.2, 0) is 0 Å². The van der Waals surface area contributed by atoms with Gasteiger partial charge in [0.15, 0.2) is 5.96 Å². The monoisotopic (exact) mass is 268 g/mol. The van der Waals surface area contributed by atoms with Crippen LogP contribution in [0.25, 0.3) is 0 Å². The second-order valence-electron chi connectivity index (χ2n) is 6.24. The van der Waals surface area contributed by atoms with Crippen molar-refractivity contribution in [1.29, 1.82) is 0 Å². The number of nitrogens with one attached hydrogen (secondary N) is 2. The molecule has 1 aliphatic carbocycles. The van der Waals surface area contributed by atoms with Gasteiger partial charge in [-0.1, -0.05) is 6.92 Å². The Labute approximate surface area is 119 Å². The summed E-state index contributed by atoms with van der Waals surface area (Å²) in [4.78, 5) is 6.80. The first kappa shape index (κ1) is 16.3. The molecule has 0 aromatic rings. The molecular formula is C15H32N4. The minimum absolute atomic E-state index is 0.616. The smallest absolute Gasteiger partial charge is 0.191 e. The molecule has 112 valence electrons. The average molecular weight is 268 g/mol. The molecule has 1 saturated carbocycles. The molecule has 4 heteroatoms. The maximum Gasteiger partial charge on any atom is 0.191 e. The van der Waals surface area contributed by atoms with Gasteiger partial charge in [-0.2, -0.15) is 0 Å². The van der Waals surface area contributed by atoms with Crippen LogP contribution in [0.4, 0.5) is 0 Å². The second-order valence-corrected chi connectivity index (χ2v) is 6.24. The highest BCUT2D eigenvalue weighted by molar-refractivity contribution is 5.80. The third-order valence-corrected chi connectivity index (χ3v) is 3.87. The molecule has 2 N–H and O–H groups in total. The molecule has 0 radical (unpaired) electrons. The fraction of sp³-hybridized carbons (Fsp3) is 0.933. The van der Waals surface area contributed by atoms with Crippen LogP contribution in [0.5, 0.6) is 0 Å². The fourth-order valence-corrected chi connectivity index (χ4v) is 2.47. The molecule has 0 aliphatic heterocycles. The number of hydrogen-bond acceptors (Lipinski definition) is 2. The van der Waals surface area contributed by atoms with E-state index in [4.69, 9.17) is 0 Å². The van der Waals surface area contributed by atoms with E-state index in [2.05, 4.69) is 55.1 Å². The van der Waals surface area contributed by atoms with Gasteiger partial charge in [0.2, 0.25) is 0 Å². The lowest BCUT2D eigenvalue weighted by Crippen LogP contribution is -2.42. The molecule has 0 spiro atoms. The lowest BCUT2D eigenvalue weighted by Gasteiger charge is -2.30. The first-order valence-corrected chi connectivity index (χ1v) is 7.68. The van der Waals surface area contributed by atoms with Crippen LogP contribution in [-0.4, -0.2) is 49.1 Å².